The van der Waals surface area contributed by atoms with Gasteiger partial charge in [-0.1, -0.05) is 23.7 Å². The number of rotatable bonds is 5. The van der Waals surface area contributed by atoms with E-state index in [-0.39, 0.29) is 12.4 Å². The van der Waals surface area contributed by atoms with Crippen molar-refractivity contribution in [3.63, 3.8) is 0 Å². The average molecular weight is 235 g/mol. The number of hydrogen-bond acceptors (Lipinski definition) is 2. The zero-order valence-electron chi connectivity index (χ0n) is 7.75. The summed E-state index contributed by atoms with van der Waals surface area (Å²) in [5, 5.41) is 0.426. The summed E-state index contributed by atoms with van der Waals surface area (Å²) in [6.45, 7) is -1.09. The molecule has 2 nitrogen and oxygen atoms in total. The smallest absolute Gasteiger partial charge is 0.261 e. The van der Waals surface area contributed by atoms with Gasteiger partial charge in [-0.05, 0) is 12.1 Å². The SMILES string of the molecule is O=C(COCC(F)F)c1cccc(Cl)c1. The number of halogens is 3. The molecule has 0 aliphatic heterocycles. The largest absolute Gasteiger partial charge is 0.367 e. The number of ketones is 1. The highest BCUT2D eigenvalue weighted by molar-refractivity contribution is 6.31. The van der Waals surface area contributed by atoms with E-state index in [1.165, 1.54) is 6.07 Å². The highest BCUT2D eigenvalue weighted by atomic mass is 35.5. The van der Waals surface area contributed by atoms with Crippen LogP contribution < -0.4 is 0 Å². The van der Waals surface area contributed by atoms with Crippen molar-refractivity contribution in [3.8, 4) is 0 Å². The lowest BCUT2D eigenvalue weighted by molar-refractivity contribution is 0.0196. The van der Waals surface area contributed by atoms with Gasteiger partial charge in [0.1, 0.15) is 13.2 Å². The Morgan fingerprint density at radius 1 is 1.47 bits per heavy atom. The van der Waals surface area contributed by atoms with E-state index in [0.717, 1.165) is 0 Å². The van der Waals surface area contributed by atoms with E-state index in [0.29, 0.717) is 10.6 Å². The molecule has 0 atom stereocenters. The Morgan fingerprint density at radius 2 is 2.20 bits per heavy atom. The van der Waals surface area contributed by atoms with Crippen molar-refractivity contribution in [1.29, 1.82) is 0 Å². The minimum atomic E-state index is -2.56. The fraction of sp³-hybridized carbons (Fsp3) is 0.300. The molecule has 0 saturated carbocycles. The van der Waals surface area contributed by atoms with Gasteiger partial charge in [0.15, 0.2) is 5.78 Å². The molecule has 1 aromatic carbocycles. The van der Waals surface area contributed by atoms with Crippen LogP contribution in [-0.4, -0.2) is 25.4 Å². The second-order valence-electron chi connectivity index (χ2n) is 2.84. The molecule has 0 amide bonds. The molecule has 0 unspecified atom stereocenters. The summed E-state index contributed by atoms with van der Waals surface area (Å²) in [6, 6.07) is 6.26. The third-order valence-electron chi connectivity index (χ3n) is 1.62. The summed E-state index contributed by atoms with van der Waals surface area (Å²) < 4.78 is 27.9. The lowest BCUT2D eigenvalue weighted by Gasteiger charge is -2.03. The van der Waals surface area contributed by atoms with Gasteiger partial charge in [0.25, 0.3) is 6.43 Å². The molecule has 0 aliphatic rings. The van der Waals surface area contributed by atoms with Crippen molar-refractivity contribution < 1.29 is 18.3 Å². The second kappa shape index (κ2) is 5.78. The molecule has 0 radical (unpaired) electrons. The predicted octanol–water partition coefficient (Wildman–Crippen LogP) is 2.80. The molecule has 0 fully saturated rings. The van der Waals surface area contributed by atoms with Gasteiger partial charge >= 0.3 is 0 Å². The van der Waals surface area contributed by atoms with Crippen molar-refractivity contribution in [2.45, 2.75) is 6.43 Å². The van der Waals surface area contributed by atoms with Gasteiger partial charge in [-0.3, -0.25) is 4.79 Å². The van der Waals surface area contributed by atoms with Crippen LogP contribution in [0.3, 0.4) is 0 Å². The van der Waals surface area contributed by atoms with E-state index in [1.807, 2.05) is 0 Å². The molecule has 0 saturated heterocycles. The first-order chi connectivity index (χ1) is 7.09. The minimum Gasteiger partial charge on any atom is -0.367 e. The lowest BCUT2D eigenvalue weighted by Crippen LogP contribution is -2.13. The minimum absolute atomic E-state index is 0.356. The Labute approximate surface area is 90.8 Å². The molecule has 0 heterocycles. The summed E-state index contributed by atoms with van der Waals surface area (Å²) in [6.07, 6.45) is -2.56. The monoisotopic (exact) mass is 234 g/mol. The van der Waals surface area contributed by atoms with Crippen molar-refractivity contribution in [2.24, 2.45) is 0 Å². The average Bonchev–Trinajstić information content (AvgIpc) is 2.17. The number of benzene rings is 1. The Morgan fingerprint density at radius 3 is 2.80 bits per heavy atom. The van der Waals surface area contributed by atoms with Gasteiger partial charge in [0.2, 0.25) is 0 Å². The van der Waals surface area contributed by atoms with Crippen LogP contribution in [0.2, 0.25) is 5.02 Å². The van der Waals surface area contributed by atoms with Crippen LogP contribution in [0.5, 0.6) is 0 Å². The van der Waals surface area contributed by atoms with Gasteiger partial charge < -0.3 is 4.74 Å². The molecule has 5 heteroatoms. The molecular formula is C10H9ClF2O2. The normalized spacial score (nSPS) is 10.7. The Hall–Kier alpha value is -1.00. The molecule has 1 rings (SSSR count). The van der Waals surface area contributed by atoms with Crippen molar-refractivity contribution >= 4 is 17.4 Å². The van der Waals surface area contributed by atoms with Crippen molar-refractivity contribution in [2.75, 3.05) is 13.2 Å². The van der Waals surface area contributed by atoms with Crippen LogP contribution in [0.1, 0.15) is 10.4 Å². The molecular weight excluding hydrogens is 226 g/mol. The standard InChI is InChI=1S/C10H9ClF2O2/c11-8-3-1-2-7(4-8)9(14)5-15-6-10(12)13/h1-4,10H,5-6H2. The van der Waals surface area contributed by atoms with E-state index < -0.39 is 13.0 Å². The quantitative estimate of drug-likeness (QED) is 0.733. The van der Waals surface area contributed by atoms with Gasteiger partial charge in [-0.25, -0.2) is 8.78 Å². The topological polar surface area (TPSA) is 26.3 Å². The highest BCUT2D eigenvalue weighted by Crippen LogP contribution is 2.11. The fourth-order valence-electron chi connectivity index (χ4n) is 0.986. The van der Waals surface area contributed by atoms with Crippen molar-refractivity contribution in [1.82, 2.24) is 0 Å². The van der Waals surface area contributed by atoms with E-state index >= 15 is 0 Å². The van der Waals surface area contributed by atoms with E-state index in [1.54, 1.807) is 18.2 Å². The summed E-state index contributed by atoms with van der Waals surface area (Å²) in [7, 11) is 0. The Kier molecular flexibility index (Phi) is 4.65. The number of hydrogen-bond donors (Lipinski definition) is 0. The molecule has 82 valence electrons. The molecule has 0 bridgehead atoms. The molecule has 0 spiro atoms. The third kappa shape index (κ3) is 4.36. The molecule has 0 N–H and O–H groups in total. The van der Waals surface area contributed by atoms with Gasteiger partial charge in [-0.2, -0.15) is 0 Å². The van der Waals surface area contributed by atoms with Crippen LogP contribution >= 0.6 is 11.6 Å². The molecule has 1 aromatic rings. The first kappa shape index (κ1) is 12.1. The maximum atomic E-state index is 11.7. The summed E-state index contributed by atoms with van der Waals surface area (Å²) >= 11 is 5.66. The number of alkyl halides is 2. The number of Topliss-reactive ketones (excluding diaryl/α,β-unsaturated/α-hetero) is 1. The Balaban J connectivity index is 2.47. The fourth-order valence-corrected chi connectivity index (χ4v) is 1.18. The summed E-state index contributed by atoms with van der Waals surface area (Å²) in [5.41, 5.74) is 0.358. The van der Waals surface area contributed by atoms with E-state index in [9.17, 15) is 13.6 Å². The summed E-state index contributed by atoms with van der Waals surface area (Å²) in [4.78, 5) is 11.3. The first-order valence-electron chi connectivity index (χ1n) is 4.24. The maximum absolute atomic E-state index is 11.7. The first-order valence-corrected chi connectivity index (χ1v) is 4.62. The third-order valence-corrected chi connectivity index (χ3v) is 1.86. The maximum Gasteiger partial charge on any atom is 0.261 e. The second-order valence-corrected chi connectivity index (χ2v) is 3.28. The van der Waals surface area contributed by atoms with Crippen molar-refractivity contribution in [3.05, 3.63) is 34.9 Å². The molecule has 0 aliphatic carbocycles. The van der Waals surface area contributed by atoms with Crippen LogP contribution in [0.15, 0.2) is 24.3 Å². The predicted molar refractivity (Wildman–Crippen MR) is 52.6 cm³/mol. The number of ether oxygens (including phenoxy) is 1. The van der Waals surface area contributed by atoms with Gasteiger partial charge in [-0.15, -0.1) is 0 Å². The number of carbonyl (C=O) groups excluding carboxylic acids is 1. The van der Waals surface area contributed by atoms with Crippen LogP contribution in [0.4, 0.5) is 8.78 Å². The Bertz CT molecular complexity index is 342. The zero-order valence-corrected chi connectivity index (χ0v) is 8.51. The molecule has 15 heavy (non-hydrogen) atoms. The van der Waals surface area contributed by atoms with E-state index in [4.69, 9.17) is 11.6 Å². The van der Waals surface area contributed by atoms with Crippen LogP contribution in [0.25, 0.3) is 0 Å². The van der Waals surface area contributed by atoms with Gasteiger partial charge in [0.05, 0.1) is 0 Å². The van der Waals surface area contributed by atoms with Gasteiger partial charge in [0, 0.05) is 10.6 Å². The zero-order chi connectivity index (χ0) is 11.3. The molecule has 0 aromatic heterocycles. The number of carbonyl (C=O) groups is 1. The summed E-state index contributed by atoms with van der Waals surface area (Å²) in [5.74, 6) is -0.363. The van der Waals surface area contributed by atoms with Crippen LogP contribution in [-0.2, 0) is 4.74 Å². The lowest BCUT2D eigenvalue weighted by atomic mass is 10.1. The van der Waals surface area contributed by atoms with E-state index in [2.05, 4.69) is 4.74 Å². The highest BCUT2D eigenvalue weighted by Gasteiger charge is 2.08. The van der Waals surface area contributed by atoms with Crippen LogP contribution in [0, 0.1) is 0 Å².